The van der Waals surface area contributed by atoms with E-state index in [9.17, 15) is 13.2 Å². The number of sulfone groups is 1. The van der Waals surface area contributed by atoms with Crippen molar-refractivity contribution in [3.8, 4) is 0 Å². The maximum absolute atomic E-state index is 13.4. The van der Waals surface area contributed by atoms with Gasteiger partial charge in [-0.2, -0.15) is 0 Å². The van der Waals surface area contributed by atoms with Crippen molar-refractivity contribution in [2.75, 3.05) is 57.4 Å². The molecule has 0 aliphatic carbocycles. The number of hydrogen-bond donors (Lipinski definition) is 1. The Morgan fingerprint density at radius 2 is 1.71 bits per heavy atom. The number of nitrogens with one attached hydrogen (secondary N) is 1. The zero-order valence-corrected chi connectivity index (χ0v) is 19.1. The summed E-state index contributed by atoms with van der Waals surface area (Å²) < 4.78 is 29.3. The number of carbonyl (C=O) groups excluding carboxylic acids is 1. The number of carbonyl (C=O) groups is 1. The van der Waals surface area contributed by atoms with Gasteiger partial charge in [-0.05, 0) is 17.0 Å². The Morgan fingerprint density at radius 3 is 2.35 bits per heavy atom. The van der Waals surface area contributed by atoms with Crippen LogP contribution in [0.25, 0.3) is 0 Å². The second-order valence-electron chi connectivity index (χ2n) is 7.93. The van der Waals surface area contributed by atoms with Crippen molar-refractivity contribution in [2.45, 2.75) is 12.1 Å². The van der Waals surface area contributed by atoms with Gasteiger partial charge >= 0.3 is 0 Å². The third-order valence-electron chi connectivity index (χ3n) is 5.94. The van der Waals surface area contributed by atoms with E-state index in [0.29, 0.717) is 32.8 Å². The first-order valence-corrected chi connectivity index (χ1v) is 13.4. The van der Waals surface area contributed by atoms with Crippen molar-refractivity contribution < 1.29 is 17.9 Å². The summed E-state index contributed by atoms with van der Waals surface area (Å²) in [5.74, 6) is 0.102. The molecule has 1 amide bonds. The zero-order chi connectivity index (χ0) is 21.7. The van der Waals surface area contributed by atoms with E-state index in [4.69, 9.17) is 4.74 Å². The van der Waals surface area contributed by atoms with Crippen LogP contribution in [-0.4, -0.2) is 81.6 Å². The van der Waals surface area contributed by atoms with Gasteiger partial charge in [0.1, 0.15) is 6.04 Å². The molecule has 168 valence electrons. The summed E-state index contributed by atoms with van der Waals surface area (Å²) in [6.07, 6.45) is 0. The number of thiophene rings is 1. The molecule has 4 rings (SSSR count). The molecule has 0 saturated carbocycles. The van der Waals surface area contributed by atoms with Crippen LogP contribution in [0.5, 0.6) is 0 Å². The molecule has 2 aliphatic heterocycles. The first kappa shape index (κ1) is 22.4. The number of rotatable bonds is 7. The van der Waals surface area contributed by atoms with Crippen LogP contribution < -0.4 is 5.32 Å². The normalized spacial score (nSPS) is 21.9. The van der Waals surface area contributed by atoms with Crippen molar-refractivity contribution in [3.63, 3.8) is 0 Å². The average molecular weight is 464 g/mol. The molecule has 2 aliphatic rings. The van der Waals surface area contributed by atoms with Crippen LogP contribution in [0.4, 0.5) is 0 Å². The largest absolute Gasteiger partial charge is 0.379 e. The lowest BCUT2D eigenvalue weighted by atomic mass is 10.0. The zero-order valence-electron chi connectivity index (χ0n) is 17.5. The Kier molecular flexibility index (Phi) is 7.39. The maximum atomic E-state index is 13.4. The van der Waals surface area contributed by atoms with Gasteiger partial charge < -0.3 is 10.1 Å². The van der Waals surface area contributed by atoms with Crippen LogP contribution in [0.2, 0.25) is 0 Å². The van der Waals surface area contributed by atoms with Gasteiger partial charge in [0.2, 0.25) is 5.91 Å². The highest BCUT2D eigenvalue weighted by Crippen LogP contribution is 2.27. The smallest absolute Gasteiger partial charge is 0.242 e. The monoisotopic (exact) mass is 463 g/mol. The van der Waals surface area contributed by atoms with Gasteiger partial charge in [-0.3, -0.25) is 14.6 Å². The van der Waals surface area contributed by atoms with Gasteiger partial charge in [-0.1, -0.05) is 36.4 Å². The van der Waals surface area contributed by atoms with Crippen LogP contribution in [0.15, 0.2) is 47.8 Å². The van der Waals surface area contributed by atoms with Gasteiger partial charge in [0, 0.05) is 37.6 Å². The number of nitrogens with zero attached hydrogens (tertiary/aromatic N) is 2. The standard InChI is InChI=1S/C22H29N3O4S2/c26-22(23-17-19(20-7-4-14-30-20)24-8-12-29-13-9-24)21(18-5-2-1-3-6-18)25-10-15-31(27,28)16-11-25/h1-7,14,19,21H,8-13,15-17H2,(H,23,26). The lowest BCUT2D eigenvalue weighted by molar-refractivity contribution is -0.127. The van der Waals surface area contributed by atoms with E-state index in [0.717, 1.165) is 18.7 Å². The van der Waals surface area contributed by atoms with E-state index in [2.05, 4.69) is 21.7 Å². The molecular weight excluding hydrogens is 434 g/mol. The van der Waals surface area contributed by atoms with Crippen LogP contribution in [0.3, 0.4) is 0 Å². The molecule has 2 fully saturated rings. The molecule has 1 N–H and O–H groups in total. The summed E-state index contributed by atoms with van der Waals surface area (Å²) in [5.41, 5.74) is 0.887. The maximum Gasteiger partial charge on any atom is 0.242 e. The quantitative estimate of drug-likeness (QED) is 0.674. The fourth-order valence-corrected chi connectivity index (χ4v) is 6.31. The Bertz CT molecular complexity index is 930. The Morgan fingerprint density at radius 1 is 1.00 bits per heavy atom. The van der Waals surface area contributed by atoms with E-state index < -0.39 is 15.9 Å². The molecular formula is C22H29N3O4S2. The molecule has 3 heterocycles. The number of ether oxygens (including phenoxy) is 1. The fourth-order valence-electron chi connectivity index (χ4n) is 4.22. The minimum Gasteiger partial charge on any atom is -0.379 e. The third kappa shape index (κ3) is 5.72. The van der Waals surface area contributed by atoms with Crippen molar-refractivity contribution in [1.29, 1.82) is 0 Å². The second kappa shape index (κ2) is 10.2. The van der Waals surface area contributed by atoms with Gasteiger partial charge in [0.15, 0.2) is 9.84 Å². The van der Waals surface area contributed by atoms with Crippen molar-refractivity contribution >= 4 is 27.1 Å². The van der Waals surface area contributed by atoms with Crippen LogP contribution >= 0.6 is 11.3 Å². The molecule has 2 saturated heterocycles. The van der Waals surface area contributed by atoms with E-state index in [1.807, 2.05) is 41.3 Å². The topological polar surface area (TPSA) is 79.0 Å². The summed E-state index contributed by atoms with van der Waals surface area (Å²) in [6, 6.07) is 13.4. The highest BCUT2D eigenvalue weighted by Gasteiger charge is 2.33. The van der Waals surface area contributed by atoms with Crippen LogP contribution in [0, 0.1) is 0 Å². The van der Waals surface area contributed by atoms with E-state index >= 15 is 0 Å². The third-order valence-corrected chi connectivity index (χ3v) is 8.52. The first-order chi connectivity index (χ1) is 15.0. The van der Waals surface area contributed by atoms with Gasteiger partial charge in [0.05, 0.1) is 30.8 Å². The summed E-state index contributed by atoms with van der Waals surface area (Å²) >= 11 is 1.70. The van der Waals surface area contributed by atoms with Gasteiger partial charge in [-0.15, -0.1) is 11.3 Å². The molecule has 2 atom stereocenters. The molecule has 0 bridgehead atoms. The summed E-state index contributed by atoms with van der Waals surface area (Å²) in [6.45, 7) is 4.32. The number of benzene rings is 1. The number of hydrogen-bond acceptors (Lipinski definition) is 7. The van der Waals surface area contributed by atoms with Crippen LogP contribution in [0.1, 0.15) is 22.5 Å². The van der Waals surface area contributed by atoms with Crippen molar-refractivity contribution in [2.24, 2.45) is 0 Å². The SMILES string of the molecule is O=C(NCC(c1cccs1)N1CCOCC1)C(c1ccccc1)N1CCS(=O)(=O)CC1. The fraction of sp³-hybridized carbons (Fsp3) is 0.500. The molecule has 0 spiro atoms. The van der Waals surface area contributed by atoms with E-state index in [1.165, 1.54) is 4.88 Å². The van der Waals surface area contributed by atoms with Crippen molar-refractivity contribution in [1.82, 2.24) is 15.1 Å². The molecule has 1 aromatic carbocycles. The van der Waals surface area contributed by atoms with E-state index in [1.54, 1.807) is 11.3 Å². The molecule has 2 unspecified atom stereocenters. The van der Waals surface area contributed by atoms with E-state index in [-0.39, 0.29) is 23.5 Å². The molecule has 1 aromatic heterocycles. The molecule has 9 heteroatoms. The highest BCUT2D eigenvalue weighted by molar-refractivity contribution is 7.91. The van der Waals surface area contributed by atoms with Gasteiger partial charge in [-0.25, -0.2) is 8.42 Å². The van der Waals surface area contributed by atoms with Crippen LogP contribution in [-0.2, 0) is 19.4 Å². The molecule has 31 heavy (non-hydrogen) atoms. The highest BCUT2D eigenvalue weighted by atomic mass is 32.2. The lowest BCUT2D eigenvalue weighted by Gasteiger charge is -2.36. The average Bonchev–Trinajstić information content (AvgIpc) is 3.31. The Balaban J connectivity index is 1.50. The number of morpholine rings is 1. The van der Waals surface area contributed by atoms with Crippen molar-refractivity contribution in [3.05, 3.63) is 58.3 Å². The molecule has 7 nitrogen and oxygen atoms in total. The Labute approximate surface area is 187 Å². The number of amides is 1. The Hall–Kier alpha value is -1.78. The minimum atomic E-state index is -3.02. The first-order valence-electron chi connectivity index (χ1n) is 10.7. The van der Waals surface area contributed by atoms with Gasteiger partial charge in [0.25, 0.3) is 0 Å². The molecule has 0 radical (unpaired) electrons. The molecule has 2 aromatic rings. The predicted octanol–water partition coefficient (Wildman–Crippen LogP) is 1.71. The lowest BCUT2D eigenvalue weighted by Crippen LogP contribution is -2.49. The second-order valence-corrected chi connectivity index (χ2v) is 11.2. The summed E-state index contributed by atoms with van der Waals surface area (Å²) in [7, 11) is -3.02. The summed E-state index contributed by atoms with van der Waals surface area (Å²) in [4.78, 5) is 19.0. The summed E-state index contributed by atoms with van der Waals surface area (Å²) in [5, 5.41) is 5.24. The minimum absolute atomic E-state index is 0.0830. The predicted molar refractivity (Wildman–Crippen MR) is 122 cm³/mol.